The van der Waals surface area contributed by atoms with Crippen LogP contribution < -0.4 is 5.32 Å². The number of aromatic nitrogens is 2. The van der Waals surface area contributed by atoms with Crippen molar-refractivity contribution in [3.63, 3.8) is 0 Å². The summed E-state index contributed by atoms with van der Waals surface area (Å²) in [5.41, 5.74) is 2.30. The minimum atomic E-state index is 0.530. The van der Waals surface area contributed by atoms with Gasteiger partial charge in [-0.25, -0.2) is 4.98 Å². The smallest absolute Gasteiger partial charge is 0.0958 e. The molecule has 0 amide bonds. The summed E-state index contributed by atoms with van der Waals surface area (Å²) in [6.45, 7) is 6.37. The first kappa shape index (κ1) is 11.1. The normalized spacial score (nSPS) is 13.1. The van der Waals surface area contributed by atoms with Crippen LogP contribution >= 0.6 is 0 Å². The minimum absolute atomic E-state index is 0.530. The summed E-state index contributed by atoms with van der Waals surface area (Å²) in [6, 6.07) is 8.81. The van der Waals surface area contributed by atoms with E-state index in [1.54, 1.807) is 0 Å². The molecule has 0 spiro atoms. The molecule has 16 heavy (non-hydrogen) atoms. The van der Waals surface area contributed by atoms with Gasteiger partial charge in [0, 0.05) is 12.6 Å². The van der Waals surface area contributed by atoms with Gasteiger partial charge < -0.3 is 9.88 Å². The van der Waals surface area contributed by atoms with Crippen LogP contribution in [0.2, 0.25) is 0 Å². The second-order valence-electron chi connectivity index (χ2n) is 4.05. The summed E-state index contributed by atoms with van der Waals surface area (Å²) < 4.78 is 2.23. The lowest BCUT2D eigenvalue weighted by Gasteiger charge is -2.16. The number of imidazole rings is 1. The monoisotopic (exact) mass is 217 g/mol. The highest BCUT2D eigenvalue weighted by Crippen LogP contribution is 2.12. The van der Waals surface area contributed by atoms with Crippen LogP contribution in [0.3, 0.4) is 0 Å². The molecule has 0 aliphatic heterocycles. The third kappa shape index (κ3) is 2.25. The van der Waals surface area contributed by atoms with Gasteiger partial charge in [0.25, 0.3) is 0 Å². The molecule has 86 valence electrons. The summed E-state index contributed by atoms with van der Waals surface area (Å²) >= 11 is 0. The molecule has 0 saturated carbocycles. The molecule has 1 heterocycles. The molecular formula is C13H19N3. The van der Waals surface area contributed by atoms with Crippen molar-refractivity contribution in [1.29, 1.82) is 0 Å². The maximum Gasteiger partial charge on any atom is 0.0958 e. The van der Waals surface area contributed by atoms with Crippen molar-refractivity contribution in [2.75, 3.05) is 6.54 Å². The highest BCUT2D eigenvalue weighted by molar-refractivity contribution is 5.74. The zero-order chi connectivity index (χ0) is 11.4. The molecule has 1 aromatic heterocycles. The predicted molar refractivity (Wildman–Crippen MR) is 67.5 cm³/mol. The van der Waals surface area contributed by atoms with E-state index in [1.165, 1.54) is 5.52 Å². The maximum absolute atomic E-state index is 4.40. The van der Waals surface area contributed by atoms with Crippen molar-refractivity contribution < 1.29 is 0 Å². The van der Waals surface area contributed by atoms with Crippen molar-refractivity contribution in [2.24, 2.45) is 0 Å². The van der Waals surface area contributed by atoms with Crippen molar-refractivity contribution in [3.05, 3.63) is 30.6 Å². The molecule has 1 aromatic carbocycles. The fraction of sp³-hybridized carbons (Fsp3) is 0.462. The summed E-state index contributed by atoms with van der Waals surface area (Å²) in [5.74, 6) is 0. The molecule has 0 saturated heterocycles. The van der Waals surface area contributed by atoms with Crippen LogP contribution in [0.4, 0.5) is 0 Å². The van der Waals surface area contributed by atoms with Gasteiger partial charge in [-0.1, -0.05) is 26.0 Å². The second-order valence-corrected chi connectivity index (χ2v) is 4.05. The van der Waals surface area contributed by atoms with Crippen LogP contribution in [0.1, 0.15) is 20.3 Å². The molecule has 1 atom stereocenters. The van der Waals surface area contributed by atoms with Crippen molar-refractivity contribution in [3.8, 4) is 0 Å². The zero-order valence-electron chi connectivity index (χ0n) is 9.98. The van der Waals surface area contributed by atoms with Gasteiger partial charge in [-0.2, -0.15) is 0 Å². The van der Waals surface area contributed by atoms with E-state index in [0.717, 1.165) is 25.0 Å². The zero-order valence-corrected chi connectivity index (χ0v) is 9.98. The predicted octanol–water partition coefficient (Wildman–Crippen LogP) is 2.42. The first-order valence-electron chi connectivity index (χ1n) is 5.98. The summed E-state index contributed by atoms with van der Waals surface area (Å²) in [7, 11) is 0. The Morgan fingerprint density at radius 2 is 2.12 bits per heavy atom. The molecule has 2 aromatic rings. The lowest BCUT2D eigenvalue weighted by atomic mass is 10.2. The number of nitrogens with zero attached hydrogens (tertiary/aromatic N) is 2. The number of likely N-dealkylation sites (N-methyl/N-ethyl adjacent to an activating group) is 1. The molecular weight excluding hydrogens is 198 g/mol. The number of fused-ring (bicyclic) bond motifs is 1. The summed E-state index contributed by atoms with van der Waals surface area (Å²) in [6.07, 6.45) is 3.07. The maximum atomic E-state index is 4.40. The van der Waals surface area contributed by atoms with Crippen LogP contribution in [-0.2, 0) is 6.54 Å². The van der Waals surface area contributed by atoms with Gasteiger partial charge in [0.05, 0.1) is 17.4 Å². The molecule has 2 rings (SSSR count). The number of benzene rings is 1. The van der Waals surface area contributed by atoms with Gasteiger partial charge in [-0.3, -0.25) is 0 Å². The Kier molecular flexibility index (Phi) is 3.57. The van der Waals surface area contributed by atoms with Crippen LogP contribution in [0.15, 0.2) is 30.6 Å². The Morgan fingerprint density at radius 1 is 1.31 bits per heavy atom. The molecule has 1 N–H and O–H groups in total. The van der Waals surface area contributed by atoms with Crippen molar-refractivity contribution >= 4 is 11.0 Å². The van der Waals surface area contributed by atoms with E-state index in [0.29, 0.717) is 6.04 Å². The Labute approximate surface area is 96.5 Å². The average Bonchev–Trinajstić information content (AvgIpc) is 2.72. The molecule has 3 heteroatoms. The van der Waals surface area contributed by atoms with Gasteiger partial charge in [-0.05, 0) is 25.1 Å². The van der Waals surface area contributed by atoms with Crippen LogP contribution in [0.25, 0.3) is 11.0 Å². The summed E-state index contributed by atoms with van der Waals surface area (Å²) in [5, 5.41) is 3.49. The number of rotatable bonds is 5. The highest BCUT2D eigenvalue weighted by atomic mass is 15.1. The lowest BCUT2D eigenvalue weighted by Crippen LogP contribution is -2.32. The topological polar surface area (TPSA) is 29.9 Å². The molecule has 1 unspecified atom stereocenters. The van der Waals surface area contributed by atoms with Crippen LogP contribution in [-0.4, -0.2) is 22.1 Å². The van der Waals surface area contributed by atoms with Crippen molar-refractivity contribution in [1.82, 2.24) is 14.9 Å². The van der Waals surface area contributed by atoms with Gasteiger partial charge in [-0.15, -0.1) is 0 Å². The highest BCUT2D eigenvalue weighted by Gasteiger charge is 2.07. The number of para-hydroxylation sites is 2. The Bertz CT molecular complexity index is 447. The number of hydrogen-bond acceptors (Lipinski definition) is 2. The SMILES string of the molecule is CCNC(CC)Cn1cnc2ccccc21. The third-order valence-electron chi connectivity index (χ3n) is 2.93. The molecule has 0 aliphatic carbocycles. The standard InChI is InChI=1S/C13H19N3/c1-3-11(14-4-2)9-16-10-15-12-7-5-6-8-13(12)16/h5-8,10-11,14H,3-4,9H2,1-2H3. The van der Waals surface area contributed by atoms with Gasteiger partial charge in [0.1, 0.15) is 0 Å². The lowest BCUT2D eigenvalue weighted by molar-refractivity contribution is 0.452. The minimum Gasteiger partial charge on any atom is -0.329 e. The second kappa shape index (κ2) is 5.12. The quantitative estimate of drug-likeness (QED) is 0.833. The van der Waals surface area contributed by atoms with E-state index in [4.69, 9.17) is 0 Å². The Morgan fingerprint density at radius 3 is 2.88 bits per heavy atom. The summed E-state index contributed by atoms with van der Waals surface area (Å²) in [4.78, 5) is 4.40. The molecule has 0 aliphatic rings. The molecule has 0 radical (unpaired) electrons. The molecule has 3 nitrogen and oxygen atoms in total. The molecule has 0 bridgehead atoms. The molecule has 0 fully saturated rings. The van der Waals surface area contributed by atoms with E-state index in [1.807, 2.05) is 12.4 Å². The van der Waals surface area contributed by atoms with E-state index >= 15 is 0 Å². The Hall–Kier alpha value is -1.35. The fourth-order valence-corrected chi connectivity index (χ4v) is 2.02. The van der Waals surface area contributed by atoms with Crippen molar-refractivity contribution in [2.45, 2.75) is 32.9 Å². The van der Waals surface area contributed by atoms with Crippen LogP contribution in [0, 0.1) is 0 Å². The first-order chi connectivity index (χ1) is 7.85. The van der Waals surface area contributed by atoms with Gasteiger partial charge in [0.2, 0.25) is 0 Å². The van der Waals surface area contributed by atoms with E-state index < -0.39 is 0 Å². The third-order valence-corrected chi connectivity index (χ3v) is 2.93. The van der Waals surface area contributed by atoms with E-state index in [2.05, 4.69) is 46.9 Å². The number of hydrogen-bond donors (Lipinski definition) is 1. The largest absolute Gasteiger partial charge is 0.329 e. The number of nitrogens with one attached hydrogen (secondary N) is 1. The van der Waals surface area contributed by atoms with Crippen LogP contribution in [0.5, 0.6) is 0 Å². The average molecular weight is 217 g/mol. The van der Waals surface area contributed by atoms with Gasteiger partial charge >= 0.3 is 0 Å². The Balaban J connectivity index is 2.20. The van der Waals surface area contributed by atoms with E-state index in [-0.39, 0.29) is 0 Å². The fourth-order valence-electron chi connectivity index (χ4n) is 2.02. The van der Waals surface area contributed by atoms with Gasteiger partial charge in [0.15, 0.2) is 0 Å². The first-order valence-corrected chi connectivity index (χ1v) is 5.98. The van der Waals surface area contributed by atoms with E-state index in [9.17, 15) is 0 Å².